The normalized spacial score (nSPS) is 15.8. The van der Waals surface area contributed by atoms with Gasteiger partial charge in [-0.3, -0.25) is 14.5 Å². The fourth-order valence-corrected chi connectivity index (χ4v) is 4.77. The van der Waals surface area contributed by atoms with Gasteiger partial charge in [0.25, 0.3) is 11.8 Å². The van der Waals surface area contributed by atoms with Crippen LogP contribution in [0.15, 0.2) is 78.5 Å². The summed E-state index contributed by atoms with van der Waals surface area (Å²) in [7, 11) is 1.57. The minimum atomic E-state index is -0.335. The van der Waals surface area contributed by atoms with Gasteiger partial charge in [-0.25, -0.2) is 0 Å². The number of benzene rings is 3. The summed E-state index contributed by atoms with van der Waals surface area (Å²) >= 11 is 6.35. The van der Waals surface area contributed by atoms with E-state index in [-0.39, 0.29) is 18.4 Å². The second kappa shape index (κ2) is 8.75. The van der Waals surface area contributed by atoms with Crippen LogP contribution in [0.5, 0.6) is 5.75 Å². The molecule has 6 heteroatoms. The molecule has 2 heterocycles. The predicted octanol–water partition coefficient (Wildman–Crippen LogP) is 4.69. The van der Waals surface area contributed by atoms with Crippen molar-refractivity contribution in [3.63, 3.8) is 0 Å². The van der Waals surface area contributed by atoms with Gasteiger partial charge in [0.2, 0.25) is 0 Å². The summed E-state index contributed by atoms with van der Waals surface area (Å²) in [4.78, 5) is 30.8. The van der Waals surface area contributed by atoms with Gasteiger partial charge in [-0.15, -0.1) is 0 Å². The molecule has 0 N–H and O–H groups in total. The van der Waals surface area contributed by atoms with Crippen molar-refractivity contribution in [2.24, 2.45) is 0 Å². The number of imide groups is 1. The van der Waals surface area contributed by atoms with E-state index in [4.69, 9.17) is 16.3 Å². The maximum absolute atomic E-state index is 13.7. The lowest BCUT2D eigenvalue weighted by Crippen LogP contribution is -2.37. The molecule has 0 saturated heterocycles. The number of hydrogen-bond acceptors (Lipinski definition) is 4. The van der Waals surface area contributed by atoms with Crippen LogP contribution in [0.25, 0.3) is 5.57 Å². The van der Waals surface area contributed by atoms with Crippen molar-refractivity contribution in [2.45, 2.75) is 19.5 Å². The molecule has 5 nitrogen and oxygen atoms in total. The third kappa shape index (κ3) is 3.79. The average molecular weight is 459 g/mol. The van der Waals surface area contributed by atoms with Crippen molar-refractivity contribution in [1.29, 1.82) is 0 Å². The van der Waals surface area contributed by atoms with E-state index in [1.165, 1.54) is 16.0 Å². The molecule has 0 atom stereocenters. The zero-order chi connectivity index (χ0) is 22.9. The highest BCUT2D eigenvalue weighted by atomic mass is 35.5. The summed E-state index contributed by atoms with van der Waals surface area (Å²) in [5.41, 5.74) is 4.59. The van der Waals surface area contributed by atoms with E-state index >= 15 is 0 Å². The first-order valence-corrected chi connectivity index (χ1v) is 11.2. The lowest BCUT2D eigenvalue weighted by Gasteiger charge is -2.31. The van der Waals surface area contributed by atoms with Crippen LogP contribution in [0, 0.1) is 0 Å². The minimum Gasteiger partial charge on any atom is -0.496 e. The molecule has 5 rings (SSSR count). The van der Waals surface area contributed by atoms with E-state index in [1.807, 2.05) is 53.4 Å². The maximum atomic E-state index is 13.7. The second-order valence-electron chi connectivity index (χ2n) is 8.15. The van der Waals surface area contributed by atoms with Crippen LogP contribution in [-0.4, -0.2) is 35.3 Å². The van der Waals surface area contributed by atoms with Crippen molar-refractivity contribution in [3.05, 3.63) is 106 Å². The number of carbonyl (C=O) groups excluding carboxylic acids is 2. The van der Waals surface area contributed by atoms with Crippen molar-refractivity contribution < 1.29 is 14.3 Å². The van der Waals surface area contributed by atoms with E-state index < -0.39 is 0 Å². The molecule has 0 unspecified atom stereocenters. The van der Waals surface area contributed by atoms with Gasteiger partial charge >= 0.3 is 0 Å². The van der Waals surface area contributed by atoms with Crippen molar-refractivity contribution >= 4 is 29.0 Å². The standard InChI is InChI=1S/C27H23ClN2O3/c1-33-23-13-7-5-11-21(23)24-25(29-15-14-18-8-2-3-9-19(18)16-29)27(32)30(26(24)31)17-20-10-4-6-12-22(20)28/h2-13H,14-17H2,1H3. The smallest absolute Gasteiger partial charge is 0.278 e. The summed E-state index contributed by atoms with van der Waals surface area (Å²) in [6.07, 6.45) is 0.810. The van der Waals surface area contributed by atoms with Crippen molar-refractivity contribution in [3.8, 4) is 5.75 Å². The highest BCUT2D eigenvalue weighted by molar-refractivity contribution is 6.36. The van der Waals surface area contributed by atoms with Gasteiger partial charge in [-0.1, -0.05) is 72.3 Å². The summed E-state index contributed by atoms with van der Waals surface area (Å²) in [6, 6.07) is 22.8. The number of carbonyl (C=O) groups is 2. The molecule has 0 spiro atoms. The molecule has 0 aliphatic carbocycles. The number of rotatable bonds is 5. The molecule has 3 aromatic rings. The molecule has 2 aliphatic heterocycles. The zero-order valence-electron chi connectivity index (χ0n) is 18.3. The van der Waals surface area contributed by atoms with E-state index in [1.54, 1.807) is 19.2 Å². The number of halogens is 1. The highest BCUT2D eigenvalue weighted by Gasteiger charge is 2.43. The molecule has 2 amide bonds. The Hall–Kier alpha value is -3.57. The molecule has 0 aromatic heterocycles. The van der Waals surface area contributed by atoms with Crippen LogP contribution in [-0.2, 0) is 29.1 Å². The third-order valence-electron chi connectivity index (χ3n) is 6.25. The first-order valence-electron chi connectivity index (χ1n) is 10.9. The number of amides is 2. The molecule has 0 fully saturated rings. The fraction of sp³-hybridized carbons (Fsp3) is 0.185. The van der Waals surface area contributed by atoms with Crippen LogP contribution in [0.3, 0.4) is 0 Å². The number of methoxy groups -OCH3 is 1. The Morgan fingerprint density at radius 1 is 0.879 bits per heavy atom. The zero-order valence-corrected chi connectivity index (χ0v) is 19.0. The van der Waals surface area contributed by atoms with E-state index in [0.29, 0.717) is 40.7 Å². The number of fused-ring (bicyclic) bond motifs is 1. The molecule has 166 valence electrons. The van der Waals surface area contributed by atoms with Gasteiger partial charge in [0.15, 0.2) is 0 Å². The van der Waals surface area contributed by atoms with Gasteiger partial charge in [-0.2, -0.15) is 0 Å². The Balaban J connectivity index is 1.60. The molecule has 2 aliphatic rings. The largest absolute Gasteiger partial charge is 0.496 e. The predicted molar refractivity (Wildman–Crippen MR) is 127 cm³/mol. The van der Waals surface area contributed by atoms with Gasteiger partial charge in [0.1, 0.15) is 11.4 Å². The molecule has 0 radical (unpaired) electrons. The van der Waals surface area contributed by atoms with Crippen LogP contribution >= 0.6 is 11.6 Å². The van der Waals surface area contributed by atoms with Gasteiger partial charge < -0.3 is 9.64 Å². The molecule has 0 saturated carbocycles. The van der Waals surface area contributed by atoms with Crippen molar-refractivity contribution in [1.82, 2.24) is 9.80 Å². The number of ether oxygens (including phenoxy) is 1. The van der Waals surface area contributed by atoms with Crippen LogP contribution < -0.4 is 4.74 Å². The Bertz CT molecular complexity index is 1280. The quantitative estimate of drug-likeness (QED) is 0.520. The highest BCUT2D eigenvalue weighted by Crippen LogP contribution is 2.38. The van der Waals surface area contributed by atoms with Crippen LogP contribution in [0.4, 0.5) is 0 Å². The van der Waals surface area contributed by atoms with Crippen LogP contribution in [0.1, 0.15) is 22.3 Å². The Morgan fingerprint density at radius 3 is 2.36 bits per heavy atom. The van der Waals surface area contributed by atoms with E-state index in [2.05, 4.69) is 12.1 Å². The van der Waals surface area contributed by atoms with Crippen molar-refractivity contribution in [2.75, 3.05) is 13.7 Å². The lowest BCUT2D eigenvalue weighted by molar-refractivity contribution is -0.138. The Labute approximate surface area is 197 Å². The van der Waals surface area contributed by atoms with Gasteiger partial charge in [0.05, 0.1) is 19.2 Å². The lowest BCUT2D eigenvalue weighted by atomic mass is 9.97. The topological polar surface area (TPSA) is 49.9 Å². The monoisotopic (exact) mass is 458 g/mol. The SMILES string of the molecule is COc1ccccc1C1=C(N2CCc3ccccc3C2)C(=O)N(Cc2ccccc2Cl)C1=O. The van der Waals surface area contributed by atoms with Gasteiger partial charge in [0, 0.05) is 23.7 Å². The van der Waals surface area contributed by atoms with E-state index in [0.717, 1.165) is 12.0 Å². The van der Waals surface area contributed by atoms with Gasteiger partial charge in [-0.05, 0) is 35.2 Å². The summed E-state index contributed by atoms with van der Waals surface area (Å²) in [6.45, 7) is 1.34. The Morgan fingerprint density at radius 2 is 1.58 bits per heavy atom. The number of nitrogens with zero attached hydrogens (tertiary/aromatic N) is 2. The fourth-order valence-electron chi connectivity index (χ4n) is 4.58. The maximum Gasteiger partial charge on any atom is 0.278 e. The molecule has 33 heavy (non-hydrogen) atoms. The summed E-state index contributed by atoms with van der Waals surface area (Å²) in [5.74, 6) is -0.0818. The average Bonchev–Trinajstić information content (AvgIpc) is 3.09. The molecule has 0 bridgehead atoms. The van der Waals surface area contributed by atoms with E-state index in [9.17, 15) is 9.59 Å². The number of hydrogen-bond donors (Lipinski definition) is 0. The summed E-state index contributed by atoms with van der Waals surface area (Å²) < 4.78 is 5.55. The second-order valence-corrected chi connectivity index (χ2v) is 8.56. The molecule has 3 aromatic carbocycles. The minimum absolute atomic E-state index is 0.115. The molecular weight excluding hydrogens is 436 g/mol. The number of para-hydroxylation sites is 1. The first kappa shape index (κ1) is 21.3. The Kier molecular flexibility index (Phi) is 5.65. The first-order chi connectivity index (χ1) is 16.1. The van der Waals surface area contributed by atoms with Crippen LogP contribution in [0.2, 0.25) is 5.02 Å². The molecular formula is C27H23ClN2O3. The summed E-state index contributed by atoms with van der Waals surface area (Å²) in [5, 5.41) is 0.525. The third-order valence-corrected chi connectivity index (χ3v) is 6.62.